The van der Waals surface area contributed by atoms with Crippen LogP contribution in [0.3, 0.4) is 0 Å². The highest BCUT2D eigenvalue weighted by Gasteiger charge is 2.35. The van der Waals surface area contributed by atoms with Gasteiger partial charge in [0.1, 0.15) is 0 Å². The van der Waals surface area contributed by atoms with Crippen molar-refractivity contribution >= 4 is 12.0 Å². The highest BCUT2D eigenvalue weighted by Crippen LogP contribution is 2.28. The Morgan fingerprint density at radius 2 is 1.95 bits per heavy atom. The van der Waals surface area contributed by atoms with E-state index in [0.717, 1.165) is 30.5 Å². The Labute approximate surface area is 125 Å². The molecule has 0 atom stereocenters. The maximum absolute atomic E-state index is 12.3. The molecule has 114 valence electrons. The Balaban J connectivity index is 2.00. The Morgan fingerprint density at radius 3 is 2.52 bits per heavy atom. The molecule has 0 radical (unpaired) electrons. The molecule has 0 saturated carbocycles. The first-order valence-electron chi connectivity index (χ1n) is 7.24. The van der Waals surface area contributed by atoms with Gasteiger partial charge in [0.05, 0.1) is 6.42 Å². The van der Waals surface area contributed by atoms with Crippen LogP contribution in [0.4, 0.5) is 4.79 Å². The summed E-state index contributed by atoms with van der Waals surface area (Å²) in [5.41, 5.74) is 1.49. The second-order valence-corrected chi connectivity index (χ2v) is 6.07. The van der Waals surface area contributed by atoms with Crippen molar-refractivity contribution in [1.82, 2.24) is 10.2 Å². The van der Waals surface area contributed by atoms with Crippen LogP contribution in [-0.4, -0.2) is 34.1 Å². The van der Waals surface area contributed by atoms with E-state index in [1.54, 1.807) is 6.07 Å². The zero-order chi connectivity index (χ0) is 15.5. The maximum atomic E-state index is 12.3. The third-order valence-corrected chi connectivity index (χ3v) is 4.04. The van der Waals surface area contributed by atoms with Crippen molar-refractivity contribution in [2.75, 3.05) is 6.54 Å². The molecule has 0 aromatic heterocycles. The molecule has 21 heavy (non-hydrogen) atoms. The highest BCUT2D eigenvalue weighted by molar-refractivity contribution is 5.75. The number of carboxylic acid groups (broad SMARTS) is 1. The molecule has 1 aromatic rings. The van der Waals surface area contributed by atoms with E-state index in [4.69, 9.17) is 5.11 Å². The molecule has 2 N–H and O–H groups in total. The maximum Gasteiger partial charge on any atom is 0.318 e. The lowest BCUT2D eigenvalue weighted by atomic mass is 10.0. The molecule has 1 saturated heterocycles. The minimum atomic E-state index is -0.866. The normalized spacial score (nSPS) is 16.8. The van der Waals surface area contributed by atoms with E-state index in [1.165, 1.54) is 0 Å². The molecule has 5 heteroatoms. The fourth-order valence-corrected chi connectivity index (χ4v) is 2.82. The lowest BCUT2D eigenvalue weighted by Gasteiger charge is -2.31. The van der Waals surface area contributed by atoms with Crippen molar-refractivity contribution in [3.8, 4) is 0 Å². The van der Waals surface area contributed by atoms with Gasteiger partial charge in [0.2, 0.25) is 0 Å². The van der Waals surface area contributed by atoms with Crippen LogP contribution < -0.4 is 5.32 Å². The summed E-state index contributed by atoms with van der Waals surface area (Å²) in [6.45, 7) is 5.26. The average molecular weight is 290 g/mol. The van der Waals surface area contributed by atoms with Gasteiger partial charge in [-0.3, -0.25) is 4.79 Å². The van der Waals surface area contributed by atoms with E-state index in [0.29, 0.717) is 6.54 Å². The van der Waals surface area contributed by atoms with Gasteiger partial charge >= 0.3 is 12.0 Å². The molecule has 2 rings (SSSR count). The van der Waals surface area contributed by atoms with Crippen molar-refractivity contribution in [2.24, 2.45) is 0 Å². The second kappa shape index (κ2) is 6.16. The van der Waals surface area contributed by atoms with Crippen molar-refractivity contribution in [3.63, 3.8) is 0 Å². The minimum absolute atomic E-state index is 0.0265. The molecule has 1 heterocycles. The summed E-state index contributed by atoms with van der Waals surface area (Å²) >= 11 is 0. The van der Waals surface area contributed by atoms with Crippen LogP contribution in [0.25, 0.3) is 0 Å². The van der Waals surface area contributed by atoms with Gasteiger partial charge in [0.25, 0.3) is 0 Å². The number of carbonyl (C=O) groups is 2. The first-order valence-corrected chi connectivity index (χ1v) is 7.24. The fraction of sp³-hybridized carbons (Fsp3) is 0.500. The van der Waals surface area contributed by atoms with Gasteiger partial charge < -0.3 is 15.3 Å². The van der Waals surface area contributed by atoms with Crippen LogP contribution in [0.1, 0.15) is 37.8 Å². The summed E-state index contributed by atoms with van der Waals surface area (Å²) in [6, 6.07) is 7.23. The van der Waals surface area contributed by atoms with Gasteiger partial charge in [-0.05, 0) is 37.8 Å². The third kappa shape index (κ3) is 3.74. The number of nitrogens with one attached hydrogen (secondary N) is 1. The van der Waals surface area contributed by atoms with Crippen LogP contribution in [0.2, 0.25) is 0 Å². The smallest absolute Gasteiger partial charge is 0.318 e. The SMILES string of the molecule is CC1(C)CCCN1C(=O)NCc1ccccc1CC(=O)O. The Morgan fingerprint density at radius 1 is 1.29 bits per heavy atom. The summed E-state index contributed by atoms with van der Waals surface area (Å²) in [5, 5.41) is 11.8. The molecule has 5 nitrogen and oxygen atoms in total. The number of amides is 2. The van der Waals surface area contributed by atoms with Crippen LogP contribution >= 0.6 is 0 Å². The number of aliphatic carboxylic acids is 1. The van der Waals surface area contributed by atoms with Crippen LogP contribution in [0, 0.1) is 0 Å². The minimum Gasteiger partial charge on any atom is -0.481 e. The van der Waals surface area contributed by atoms with Crippen LogP contribution in [0.15, 0.2) is 24.3 Å². The predicted molar refractivity (Wildman–Crippen MR) is 80.0 cm³/mol. The first kappa shape index (κ1) is 15.4. The number of nitrogens with zero attached hydrogens (tertiary/aromatic N) is 1. The number of rotatable bonds is 4. The molecule has 2 amide bonds. The van der Waals surface area contributed by atoms with Crippen molar-refractivity contribution in [2.45, 2.75) is 45.2 Å². The molecule has 0 aliphatic carbocycles. The lowest BCUT2D eigenvalue weighted by Crippen LogP contribution is -2.47. The number of hydrogen-bond acceptors (Lipinski definition) is 2. The van der Waals surface area contributed by atoms with E-state index in [1.807, 2.05) is 23.1 Å². The predicted octanol–water partition coefficient (Wildman–Crippen LogP) is 2.40. The average Bonchev–Trinajstić information content (AvgIpc) is 2.76. The van der Waals surface area contributed by atoms with E-state index in [2.05, 4.69) is 19.2 Å². The molecule has 1 fully saturated rings. The number of hydrogen-bond donors (Lipinski definition) is 2. The molecule has 0 unspecified atom stereocenters. The summed E-state index contributed by atoms with van der Waals surface area (Å²) in [6.07, 6.45) is 2.01. The van der Waals surface area contributed by atoms with E-state index in [9.17, 15) is 9.59 Å². The lowest BCUT2D eigenvalue weighted by molar-refractivity contribution is -0.136. The Kier molecular flexibility index (Phi) is 4.50. The molecule has 0 spiro atoms. The third-order valence-electron chi connectivity index (χ3n) is 4.04. The summed E-state index contributed by atoms with van der Waals surface area (Å²) in [5.74, 6) is -0.866. The number of likely N-dealkylation sites (tertiary alicyclic amines) is 1. The van der Waals surface area contributed by atoms with Crippen molar-refractivity contribution in [1.29, 1.82) is 0 Å². The van der Waals surface area contributed by atoms with Gasteiger partial charge in [-0.2, -0.15) is 0 Å². The topological polar surface area (TPSA) is 69.6 Å². The zero-order valence-electron chi connectivity index (χ0n) is 12.6. The Hall–Kier alpha value is -2.04. The monoisotopic (exact) mass is 290 g/mol. The quantitative estimate of drug-likeness (QED) is 0.894. The van der Waals surface area contributed by atoms with Gasteiger partial charge in [0, 0.05) is 18.6 Å². The summed E-state index contributed by atoms with van der Waals surface area (Å²) in [4.78, 5) is 25.0. The van der Waals surface area contributed by atoms with Gasteiger partial charge in [0.15, 0.2) is 0 Å². The second-order valence-electron chi connectivity index (χ2n) is 6.07. The van der Waals surface area contributed by atoms with Crippen LogP contribution in [0.5, 0.6) is 0 Å². The van der Waals surface area contributed by atoms with Crippen molar-refractivity contribution < 1.29 is 14.7 Å². The van der Waals surface area contributed by atoms with Crippen LogP contribution in [-0.2, 0) is 17.8 Å². The van der Waals surface area contributed by atoms with Gasteiger partial charge in [-0.1, -0.05) is 24.3 Å². The summed E-state index contributed by atoms with van der Waals surface area (Å²) < 4.78 is 0. The molecule has 1 aromatic carbocycles. The molecular formula is C16H22N2O3. The largest absolute Gasteiger partial charge is 0.481 e. The molecule has 1 aliphatic heterocycles. The molecule has 1 aliphatic rings. The van der Waals surface area contributed by atoms with Gasteiger partial charge in [-0.15, -0.1) is 0 Å². The fourth-order valence-electron chi connectivity index (χ4n) is 2.82. The number of carboxylic acids is 1. The Bertz CT molecular complexity index is 540. The van der Waals surface area contributed by atoms with Gasteiger partial charge in [-0.25, -0.2) is 4.79 Å². The standard InChI is InChI=1S/C16H22N2O3/c1-16(2)8-5-9-18(16)15(21)17-11-13-7-4-3-6-12(13)10-14(19)20/h3-4,6-7H,5,8-11H2,1-2H3,(H,17,21)(H,19,20). The number of benzene rings is 1. The first-order chi connectivity index (χ1) is 9.90. The van der Waals surface area contributed by atoms with E-state index in [-0.39, 0.29) is 18.0 Å². The highest BCUT2D eigenvalue weighted by atomic mass is 16.4. The van der Waals surface area contributed by atoms with E-state index >= 15 is 0 Å². The zero-order valence-corrected chi connectivity index (χ0v) is 12.6. The number of carbonyl (C=O) groups excluding carboxylic acids is 1. The molecule has 0 bridgehead atoms. The summed E-state index contributed by atoms with van der Waals surface area (Å²) in [7, 11) is 0. The molecular weight excluding hydrogens is 268 g/mol. The number of urea groups is 1. The van der Waals surface area contributed by atoms with E-state index < -0.39 is 5.97 Å². The van der Waals surface area contributed by atoms with Crippen molar-refractivity contribution in [3.05, 3.63) is 35.4 Å².